The number of nitrogens with zero attached hydrogens (tertiary/aromatic N) is 1. The Morgan fingerprint density at radius 3 is 2.26 bits per heavy atom. The molecule has 1 unspecified atom stereocenters. The summed E-state index contributed by atoms with van der Waals surface area (Å²) >= 11 is 0. The van der Waals surface area contributed by atoms with Crippen LogP contribution in [0.3, 0.4) is 0 Å². The topological polar surface area (TPSA) is 51.6 Å². The molecule has 1 fully saturated rings. The molecule has 0 saturated carbocycles. The molecule has 104 valence electrons. The second-order valence-corrected chi connectivity index (χ2v) is 5.90. The molecule has 0 bridgehead atoms. The summed E-state index contributed by atoms with van der Waals surface area (Å²) in [6, 6.07) is 1.25. The van der Waals surface area contributed by atoms with E-state index in [1.165, 1.54) is 12.3 Å². The SMILES string of the molecule is CC(O)c1cnc(F)cc1B1OC(C)(C)C(C)(C)O1. The molecule has 0 spiro atoms. The summed E-state index contributed by atoms with van der Waals surface area (Å²) < 4.78 is 25.1. The summed E-state index contributed by atoms with van der Waals surface area (Å²) in [6.45, 7) is 9.29. The second-order valence-electron chi connectivity index (χ2n) is 5.90. The third-order valence-electron chi connectivity index (χ3n) is 3.89. The highest BCUT2D eigenvalue weighted by Gasteiger charge is 2.52. The van der Waals surface area contributed by atoms with E-state index in [9.17, 15) is 9.50 Å². The molecular weight excluding hydrogens is 248 g/mol. The minimum absolute atomic E-state index is 0.487. The maximum absolute atomic E-state index is 13.3. The van der Waals surface area contributed by atoms with Gasteiger partial charge in [0.15, 0.2) is 0 Å². The van der Waals surface area contributed by atoms with Gasteiger partial charge in [0.25, 0.3) is 0 Å². The summed E-state index contributed by atoms with van der Waals surface area (Å²) in [6.07, 6.45) is 0.558. The van der Waals surface area contributed by atoms with E-state index in [-0.39, 0.29) is 0 Å². The number of rotatable bonds is 2. The largest absolute Gasteiger partial charge is 0.495 e. The van der Waals surface area contributed by atoms with Gasteiger partial charge in [-0.05, 0) is 51.7 Å². The van der Waals surface area contributed by atoms with Crippen molar-refractivity contribution < 1.29 is 18.8 Å². The molecule has 0 aliphatic carbocycles. The lowest BCUT2D eigenvalue weighted by atomic mass is 9.75. The van der Waals surface area contributed by atoms with Crippen LogP contribution in [0.15, 0.2) is 12.3 Å². The van der Waals surface area contributed by atoms with Crippen LogP contribution in [0.1, 0.15) is 46.3 Å². The molecule has 1 aliphatic rings. The van der Waals surface area contributed by atoms with Crippen molar-refractivity contribution in [1.82, 2.24) is 4.98 Å². The van der Waals surface area contributed by atoms with Crippen LogP contribution >= 0.6 is 0 Å². The number of aliphatic hydroxyl groups excluding tert-OH is 1. The van der Waals surface area contributed by atoms with Gasteiger partial charge in [0.2, 0.25) is 5.95 Å². The van der Waals surface area contributed by atoms with Crippen molar-refractivity contribution in [3.05, 3.63) is 23.8 Å². The molecule has 0 amide bonds. The molecule has 1 aromatic heterocycles. The Bertz CT molecular complexity index is 475. The van der Waals surface area contributed by atoms with Crippen molar-refractivity contribution in [2.45, 2.75) is 51.9 Å². The standard InChI is InChI=1S/C13H19BFNO3/c1-8(17)9-7-16-11(15)6-10(9)14-18-12(2,3)13(4,5)19-14/h6-8,17H,1-5H3. The molecule has 1 atom stereocenters. The highest BCUT2D eigenvalue weighted by Crippen LogP contribution is 2.36. The van der Waals surface area contributed by atoms with Crippen molar-refractivity contribution in [2.24, 2.45) is 0 Å². The fraction of sp³-hybridized carbons (Fsp3) is 0.615. The lowest BCUT2D eigenvalue weighted by Gasteiger charge is -2.32. The Hall–Kier alpha value is -0.975. The molecule has 1 aliphatic heterocycles. The number of aromatic nitrogens is 1. The van der Waals surface area contributed by atoms with Crippen LogP contribution in [0.2, 0.25) is 0 Å². The summed E-state index contributed by atoms with van der Waals surface area (Å²) in [7, 11) is -0.702. The molecule has 0 radical (unpaired) electrons. The van der Waals surface area contributed by atoms with Crippen molar-refractivity contribution in [3.8, 4) is 0 Å². The lowest BCUT2D eigenvalue weighted by Crippen LogP contribution is -2.41. The zero-order chi connectivity index (χ0) is 14.4. The summed E-state index contributed by atoms with van der Waals surface area (Å²) in [5, 5.41) is 9.74. The van der Waals surface area contributed by atoms with Crippen molar-refractivity contribution in [1.29, 1.82) is 0 Å². The molecule has 2 rings (SSSR count). The molecule has 4 nitrogen and oxygen atoms in total. The normalized spacial score (nSPS) is 22.6. The van der Waals surface area contributed by atoms with Crippen LogP contribution < -0.4 is 5.46 Å². The predicted octanol–water partition coefficient (Wildman–Crippen LogP) is 1.57. The molecule has 2 heterocycles. The lowest BCUT2D eigenvalue weighted by molar-refractivity contribution is 0.00578. The van der Waals surface area contributed by atoms with Gasteiger partial charge in [-0.2, -0.15) is 4.39 Å². The fourth-order valence-corrected chi connectivity index (χ4v) is 1.98. The Balaban J connectivity index is 2.41. The first-order valence-electron chi connectivity index (χ1n) is 6.33. The Labute approximate surface area is 113 Å². The zero-order valence-electron chi connectivity index (χ0n) is 11.9. The van der Waals surface area contributed by atoms with Crippen LogP contribution in [-0.2, 0) is 9.31 Å². The van der Waals surface area contributed by atoms with Crippen LogP contribution in [0.5, 0.6) is 0 Å². The summed E-state index contributed by atoms with van der Waals surface area (Å²) in [5.74, 6) is -0.617. The highest BCUT2D eigenvalue weighted by molar-refractivity contribution is 6.62. The zero-order valence-corrected chi connectivity index (χ0v) is 11.9. The second kappa shape index (κ2) is 4.54. The maximum atomic E-state index is 13.3. The number of hydrogen-bond acceptors (Lipinski definition) is 4. The molecule has 1 N–H and O–H groups in total. The third kappa shape index (κ3) is 2.52. The summed E-state index contributed by atoms with van der Waals surface area (Å²) in [4.78, 5) is 3.57. The predicted molar refractivity (Wildman–Crippen MR) is 70.5 cm³/mol. The molecular formula is C13H19BFNO3. The minimum atomic E-state index is -0.762. The number of pyridine rings is 1. The van der Waals surface area contributed by atoms with E-state index in [4.69, 9.17) is 9.31 Å². The fourth-order valence-electron chi connectivity index (χ4n) is 1.98. The Morgan fingerprint density at radius 1 is 1.26 bits per heavy atom. The highest BCUT2D eigenvalue weighted by atomic mass is 19.1. The van der Waals surface area contributed by atoms with Gasteiger partial charge < -0.3 is 14.4 Å². The van der Waals surface area contributed by atoms with E-state index in [1.807, 2.05) is 27.7 Å². The van der Waals surface area contributed by atoms with Gasteiger partial charge in [0.05, 0.1) is 17.3 Å². The van der Waals surface area contributed by atoms with Gasteiger partial charge in [-0.1, -0.05) is 0 Å². The van der Waals surface area contributed by atoms with Crippen LogP contribution in [0.4, 0.5) is 4.39 Å². The molecule has 1 aromatic rings. The number of halogens is 1. The van der Waals surface area contributed by atoms with E-state index in [0.29, 0.717) is 11.0 Å². The van der Waals surface area contributed by atoms with Crippen LogP contribution in [0, 0.1) is 5.95 Å². The van der Waals surface area contributed by atoms with Crippen molar-refractivity contribution in [3.63, 3.8) is 0 Å². The van der Waals surface area contributed by atoms with E-state index in [0.717, 1.165) is 0 Å². The van der Waals surface area contributed by atoms with Crippen molar-refractivity contribution in [2.75, 3.05) is 0 Å². The quantitative estimate of drug-likeness (QED) is 0.652. The van der Waals surface area contributed by atoms with E-state index >= 15 is 0 Å². The minimum Gasteiger partial charge on any atom is -0.399 e. The van der Waals surface area contributed by atoms with Crippen LogP contribution in [-0.4, -0.2) is 28.4 Å². The van der Waals surface area contributed by atoms with Gasteiger partial charge in [0.1, 0.15) is 0 Å². The molecule has 0 aromatic carbocycles. The number of aliphatic hydroxyl groups is 1. The van der Waals surface area contributed by atoms with Gasteiger partial charge in [0, 0.05) is 6.20 Å². The average Bonchev–Trinajstić information content (AvgIpc) is 2.47. The first-order chi connectivity index (χ1) is 8.64. The van der Waals surface area contributed by atoms with E-state index in [1.54, 1.807) is 6.92 Å². The molecule has 19 heavy (non-hydrogen) atoms. The monoisotopic (exact) mass is 267 g/mol. The van der Waals surface area contributed by atoms with Gasteiger partial charge in [-0.15, -0.1) is 0 Å². The van der Waals surface area contributed by atoms with Crippen LogP contribution in [0.25, 0.3) is 0 Å². The third-order valence-corrected chi connectivity index (χ3v) is 3.89. The van der Waals surface area contributed by atoms with E-state index < -0.39 is 30.4 Å². The Morgan fingerprint density at radius 2 is 1.79 bits per heavy atom. The Kier molecular flexibility index (Phi) is 3.45. The first kappa shape index (κ1) is 14.4. The first-order valence-corrected chi connectivity index (χ1v) is 6.33. The van der Waals surface area contributed by atoms with Gasteiger partial charge in [-0.25, -0.2) is 4.98 Å². The van der Waals surface area contributed by atoms with Gasteiger partial charge in [-0.3, -0.25) is 0 Å². The van der Waals surface area contributed by atoms with Gasteiger partial charge >= 0.3 is 7.12 Å². The molecule has 6 heteroatoms. The van der Waals surface area contributed by atoms with Crippen molar-refractivity contribution >= 4 is 12.6 Å². The van der Waals surface area contributed by atoms with E-state index in [2.05, 4.69) is 4.98 Å². The smallest absolute Gasteiger partial charge is 0.399 e. The number of hydrogen-bond donors (Lipinski definition) is 1. The maximum Gasteiger partial charge on any atom is 0.495 e. The molecule has 1 saturated heterocycles. The average molecular weight is 267 g/mol. The summed E-state index contributed by atoms with van der Waals surface area (Å²) in [5.41, 5.74) is -0.0122.